The van der Waals surface area contributed by atoms with E-state index in [2.05, 4.69) is 40.7 Å². The van der Waals surface area contributed by atoms with Crippen molar-refractivity contribution < 1.29 is 5.11 Å². The Labute approximate surface area is 120 Å². The van der Waals surface area contributed by atoms with E-state index in [1.54, 1.807) is 0 Å². The second-order valence-electron chi connectivity index (χ2n) is 4.95. The molecule has 2 rings (SSSR count). The summed E-state index contributed by atoms with van der Waals surface area (Å²) in [6, 6.07) is 12.3. The van der Waals surface area contributed by atoms with E-state index < -0.39 is 0 Å². The standard InChI is InChI=1S/C17H22N2O/c1-3-11-18-16-10-13-19(14(2)17(16)20)12-9-15-7-5-4-6-8-15/h4-8,10,13,20H,3,9,11-12H2,1-2H3. The molecule has 0 unspecified atom stereocenters. The third-order valence-electron chi connectivity index (χ3n) is 3.42. The van der Waals surface area contributed by atoms with Gasteiger partial charge in [-0.15, -0.1) is 0 Å². The Morgan fingerprint density at radius 3 is 2.60 bits per heavy atom. The van der Waals surface area contributed by atoms with Crippen LogP contribution in [0.4, 0.5) is 0 Å². The van der Waals surface area contributed by atoms with Gasteiger partial charge < -0.3 is 9.67 Å². The highest BCUT2D eigenvalue weighted by molar-refractivity contribution is 5.25. The first-order valence-corrected chi connectivity index (χ1v) is 7.15. The SMILES string of the molecule is CCCN=c1ccn(CCc2ccccc2)c(C)c1O. The van der Waals surface area contributed by atoms with Crippen molar-refractivity contribution in [3.8, 4) is 5.75 Å². The van der Waals surface area contributed by atoms with Gasteiger partial charge in [-0.2, -0.15) is 0 Å². The number of aromatic hydroxyl groups is 1. The predicted octanol–water partition coefficient (Wildman–Crippen LogP) is 3.06. The molecule has 0 atom stereocenters. The molecule has 106 valence electrons. The summed E-state index contributed by atoms with van der Waals surface area (Å²) in [5.41, 5.74) is 2.18. The minimum atomic E-state index is 0.300. The summed E-state index contributed by atoms with van der Waals surface area (Å²) in [4.78, 5) is 4.38. The average molecular weight is 270 g/mol. The quantitative estimate of drug-likeness (QED) is 0.891. The van der Waals surface area contributed by atoms with Crippen LogP contribution in [0, 0.1) is 6.92 Å². The Bertz CT molecular complexity index is 615. The van der Waals surface area contributed by atoms with Crippen LogP contribution in [0.25, 0.3) is 0 Å². The van der Waals surface area contributed by atoms with Crippen molar-refractivity contribution in [2.75, 3.05) is 6.54 Å². The molecule has 0 saturated heterocycles. The number of aromatic nitrogens is 1. The van der Waals surface area contributed by atoms with Gasteiger partial charge >= 0.3 is 0 Å². The van der Waals surface area contributed by atoms with Crippen LogP contribution in [0.5, 0.6) is 5.75 Å². The van der Waals surface area contributed by atoms with Crippen LogP contribution in [0.3, 0.4) is 0 Å². The molecular weight excluding hydrogens is 248 g/mol. The van der Waals surface area contributed by atoms with E-state index >= 15 is 0 Å². The molecule has 0 bridgehead atoms. The summed E-state index contributed by atoms with van der Waals surface area (Å²) >= 11 is 0. The molecular formula is C17H22N2O. The summed E-state index contributed by atoms with van der Waals surface area (Å²) in [5, 5.41) is 10.9. The first-order valence-electron chi connectivity index (χ1n) is 7.15. The molecule has 0 aliphatic rings. The number of hydrogen-bond donors (Lipinski definition) is 1. The zero-order valence-corrected chi connectivity index (χ0v) is 12.2. The summed E-state index contributed by atoms with van der Waals surface area (Å²) in [6.07, 6.45) is 3.95. The molecule has 1 heterocycles. The molecule has 2 aromatic rings. The van der Waals surface area contributed by atoms with Crippen molar-refractivity contribution in [3.63, 3.8) is 0 Å². The van der Waals surface area contributed by atoms with Crippen LogP contribution in [-0.4, -0.2) is 16.2 Å². The fraction of sp³-hybridized carbons (Fsp3) is 0.353. The van der Waals surface area contributed by atoms with Crippen LogP contribution in [0.1, 0.15) is 24.6 Å². The topological polar surface area (TPSA) is 37.5 Å². The highest BCUT2D eigenvalue weighted by Gasteiger charge is 2.04. The third kappa shape index (κ3) is 3.50. The van der Waals surface area contributed by atoms with Crippen molar-refractivity contribution in [3.05, 3.63) is 59.2 Å². The lowest BCUT2D eigenvalue weighted by Gasteiger charge is -2.12. The lowest BCUT2D eigenvalue weighted by molar-refractivity contribution is 0.450. The first kappa shape index (κ1) is 14.4. The number of nitrogens with zero attached hydrogens (tertiary/aromatic N) is 2. The highest BCUT2D eigenvalue weighted by Crippen LogP contribution is 2.11. The second kappa shape index (κ2) is 6.94. The van der Waals surface area contributed by atoms with E-state index in [1.165, 1.54) is 5.56 Å². The van der Waals surface area contributed by atoms with E-state index in [9.17, 15) is 5.11 Å². The van der Waals surface area contributed by atoms with Crippen molar-refractivity contribution in [1.82, 2.24) is 4.57 Å². The van der Waals surface area contributed by atoms with Crippen molar-refractivity contribution in [1.29, 1.82) is 0 Å². The number of benzene rings is 1. The van der Waals surface area contributed by atoms with Gasteiger partial charge in [0, 0.05) is 19.3 Å². The molecule has 0 aliphatic carbocycles. The highest BCUT2D eigenvalue weighted by atomic mass is 16.3. The van der Waals surface area contributed by atoms with Crippen LogP contribution >= 0.6 is 0 Å². The average Bonchev–Trinajstić information content (AvgIpc) is 2.49. The zero-order chi connectivity index (χ0) is 14.4. The lowest BCUT2D eigenvalue weighted by Crippen LogP contribution is -2.13. The molecule has 20 heavy (non-hydrogen) atoms. The Morgan fingerprint density at radius 2 is 1.90 bits per heavy atom. The Hall–Kier alpha value is -2.03. The van der Waals surface area contributed by atoms with Gasteiger partial charge in [0.15, 0.2) is 5.75 Å². The molecule has 0 aliphatic heterocycles. The maximum absolute atomic E-state index is 10.2. The number of hydrogen-bond acceptors (Lipinski definition) is 2. The second-order valence-corrected chi connectivity index (χ2v) is 4.95. The van der Waals surface area contributed by atoms with Crippen molar-refractivity contribution in [2.24, 2.45) is 4.99 Å². The fourth-order valence-electron chi connectivity index (χ4n) is 2.17. The van der Waals surface area contributed by atoms with E-state index in [0.29, 0.717) is 11.1 Å². The molecule has 3 heteroatoms. The zero-order valence-electron chi connectivity index (χ0n) is 12.2. The Balaban J connectivity index is 2.15. The summed E-state index contributed by atoms with van der Waals surface area (Å²) in [6.45, 7) is 5.63. The molecule has 3 nitrogen and oxygen atoms in total. The van der Waals surface area contributed by atoms with E-state index in [1.807, 2.05) is 25.3 Å². The number of rotatable bonds is 5. The van der Waals surface area contributed by atoms with Gasteiger partial charge in [0.1, 0.15) is 5.36 Å². The molecule has 0 amide bonds. The Kier molecular flexibility index (Phi) is 4.99. The van der Waals surface area contributed by atoms with Crippen LogP contribution in [0.2, 0.25) is 0 Å². The van der Waals surface area contributed by atoms with E-state index in [-0.39, 0.29) is 0 Å². The van der Waals surface area contributed by atoms with E-state index in [0.717, 1.165) is 31.6 Å². The minimum Gasteiger partial charge on any atom is -0.504 e. The van der Waals surface area contributed by atoms with Gasteiger partial charge in [0.05, 0.1) is 5.69 Å². The number of pyridine rings is 1. The van der Waals surface area contributed by atoms with Gasteiger partial charge in [-0.1, -0.05) is 37.3 Å². The molecule has 0 radical (unpaired) electrons. The summed E-state index contributed by atoms with van der Waals surface area (Å²) in [7, 11) is 0. The van der Waals surface area contributed by atoms with Crippen LogP contribution in [-0.2, 0) is 13.0 Å². The summed E-state index contributed by atoms with van der Waals surface area (Å²) < 4.78 is 2.08. The van der Waals surface area contributed by atoms with Gasteiger partial charge in [-0.05, 0) is 31.4 Å². The van der Waals surface area contributed by atoms with Gasteiger partial charge in [0.25, 0.3) is 0 Å². The van der Waals surface area contributed by atoms with Gasteiger partial charge in [0.2, 0.25) is 0 Å². The molecule has 1 aromatic heterocycles. The number of aryl methyl sites for hydroxylation is 2. The molecule has 0 spiro atoms. The smallest absolute Gasteiger partial charge is 0.160 e. The normalized spacial score (nSPS) is 11.8. The molecule has 1 N–H and O–H groups in total. The maximum atomic E-state index is 10.2. The first-order chi connectivity index (χ1) is 9.72. The van der Waals surface area contributed by atoms with Crippen LogP contribution < -0.4 is 5.36 Å². The molecule has 1 aromatic carbocycles. The monoisotopic (exact) mass is 270 g/mol. The third-order valence-corrected chi connectivity index (χ3v) is 3.42. The fourth-order valence-corrected chi connectivity index (χ4v) is 2.17. The maximum Gasteiger partial charge on any atom is 0.160 e. The minimum absolute atomic E-state index is 0.300. The van der Waals surface area contributed by atoms with Crippen molar-refractivity contribution >= 4 is 0 Å². The summed E-state index contributed by atoms with van der Waals surface area (Å²) in [5.74, 6) is 0.300. The molecule has 0 saturated carbocycles. The van der Waals surface area contributed by atoms with E-state index in [4.69, 9.17) is 0 Å². The Morgan fingerprint density at radius 1 is 1.15 bits per heavy atom. The largest absolute Gasteiger partial charge is 0.504 e. The van der Waals surface area contributed by atoms with Crippen LogP contribution in [0.15, 0.2) is 47.6 Å². The van der Waals surface area contributed by atoms with Gasteiger partial charge in [-0.25, -0.2) is 0 Å². The predicted molar refractivity (Wildman–Crippen MR) is 81.7 cm³/mol. The van der Waals surface area contributed by atoms with Gasteiger partial charge in [-0.3, -0.25) is 4.99 Å². The van der Waals surface area contributed by atoms with Crippen molar-refractivity contribution in [2.45, 2.75) is 33.2 Å². The molecule has 0 fully saturated rings. The lowest BCUT2D eigenvalue weighted by atomic mass is 10.1.